The highest BCUT2D eigenvalue weighted by molar-refractivity contribution is 5.96. The largest absolute Gasteiger partial charge is 0.439 e. The first kappa shape index (κ1) is 19.9. The van der Waals surface area contributed by atoms with Gasteiger partial charge in [-0.05, 0) is 54.1 Å². The molecule has 2 aromatic carbocycles. The maximum atomic E-state index is 12.9. The Balaban J connectivity index is 1.43. The van der Waals surface area contributed by atoms with Crippen molar-refractivity contribution >= 4 is 11.8 Å². The van der Waals surface area contributed by atoms with Gasteiger partial charge in [0.2, 0.25) is 11.8 Å². The highest BCUT2D eigenvalue weighted by Gasteiger charge is 2.08. The van der Waals surface area contributed by atoms with Gasteiger partial charge in [0, 0.05) is 24.4 Å². The number of hydrogen-bond acceptors (Lipinski definition) is 4. The Labute approximate surface area is 165 Å². The minimum Gasteiger partial charge on any atom is -0.439 e. The molecule has 0 bridgehead atoms. The number of aromatic nitrogens is 1. The van der Waals surface area contributed by atoms with Crippen molar-refractivity contribution in [1.29, 1.82) is 0 Å². The summed E-state index contributed by atoms with van der Waals surface area (Å²) in [6, 6.07) is 13.9. The first-order valence-corrected chi connectivity index (χ1v) is 8.68. The molecule has 2 N–H and O–H groups in total. The second-order valence-corrected chi connectivity index (χ2v) is 6.03. The van der Waals surface area contributed by atoms with Crippen molar-refractivity contribution in [3.63, 3.8) is 0 Å². The maximum absolute atomic E-state index is 12.9. The lowest BCUT2D eigenvalue weighted by Gasteiger charge is -2.08. The minimum absolute atomic E-state index is 0.213. The highest BCUT2D eigenvalue weighted by atomic mass is 19.1. The highest BCUT2D eigenvalue weighted by Crippen LogP contribution is 2.19. The summed E-state index contributed by atoms with van der Waals surface area (Å²) in [5, 5.41) is 5.11. The van der Waals surface area contributed by atoms with Crippen LogP contribution in [0.1, 0.15) is 15.9 Å². The van der Waals surface area contributed by atoms with E-state index in [0.717, 1.165) is 5.56 Å². The number of halogens is 2. The topological polar surface area (TPSA) is 80.3 Å². The van der Waals surface area contributed by atoms with Crippen LogP contribution in [0.15, 0.2) is 66.9 Å². The molecule has 148 valence electrons. The maximum Gasteiger partial charge on any atom is 0.251 e. The standard InChI is InChI=1S/C21H17F2N3O3/c22-16-4-2-15(3-5-16)21(28)26-13-19(27)24-11-14-1-10-20(25-12-14)29-18-8-6-17(23)7-9-18/h1-10,12H,11,13H2,(H,24,27)(H,26,28). The van der Waals surface area contributed by atoms with Gasteiger partial charge in [-0.25, -0.2) is 13.8 Å². The van der Waals surface area contributed by atoms with Crippen molar-refractivity contribution in [2.45, 2.75) is 6.54 Å². The Hall–Kier alpha value is -3.81. The molecule has 0 aliphatic heterocycles. The van der Waals surface area contributed by atoms with E-state index in [2.05, 4.69) is 15.6 Å². The molecule has 0 aliphatic rings. The first-order chi connectivity index (χ1) is 14.0. The molecule has 0 aliphatic carbocycles. The van der Waals surface area contributed by atoms with E-state index >= 15 is 0 Å². The third-order valence-electron chi connectivity index (χ3n) is 3.84. The fraction of sp³-hybridized carbons (Fsp3) is 0.0952. The van der Waals surface area contributed by atoms with Crippen LogP contribution in [-0.2, 0) is 11.3 Å². The Morgan fingerprint density at radius 2 is 1.52 bits per heavy atom. The summed E-state index contributed by atoms with van der Waals surface area (Å²) in [5.74, 6) is -0.862. The lowest BCUT2D eigenvalue weighted by molar-refractivity contribution is -0.120. The monoisotopic (exact) mass is 397 g/mol. The fourth-order valence-electron chi connectivity index (χ4n) is 2.33. The van der Waals surface area contributed by atoms with E-state index in [1.54, 1.807) is 12.1 Å². The van der Waals surface area contributed by atoms with Crippen LogP contribution in [0.3, 0.4) is 0 Å². The number of nitrogens with one attached hydrogen (secondary N) is 2. The molecule has 0 unspecified atom stereocenters. The van der Waals surface area contributed by atoms with Crippen LogP contribution in [0, 0.1) is 11.6 Å². The van der Waals surface area contributed by atoms with Crippen LogP contribution < -0.4 is 15.4 Å². The number of hydrogen-bond donors (Lipinski definition) is 2. The van der Waals surface area contributed by atoms with Gasteiger partial charge in [0.1, 0.15) is 17.4 Å². The lowest BCUT2D eigenvalue weighted by atomic mass is 10.2. The summed E-state index contributed by atoms with van der Waals surface area (Å²) in [4.78, 5) is 27.9. The summed E-state index contributed by atoms with van der Waals surface area (Å²) in [6.45, 7) is 0.00444. The van der Waals surface area contributed by atoms with Crippen LogP contribution in [0.4, 0.5) is 8.78 Å². The van der Waals surface area contributed by atoms with E-state index in [0.29, 0.717) is 11.6 Å². The molecule has 1 heterocycles. The Bertz CT molecular complexity index is 976. The smallest absolute Gasteiger partial charge is 0.251 e. The Kier molecular flexibility index (Phi) is 6.47. The number of pyridine rings is 1. The molecular weight excluding hydrogens is 380 g/mol. The fourth-order valence-corrected chi connectivity index (χ4v) is 2.33. The van der Waals surface area contributed by atoms with Gasteiger partial charge >= 0.3 is 0 Å². The molecule has 1 aromatic heterocycles. The van der Waals surface area contributed by atoms with E-state index in [1.807, 2.05) is 0 Å². The Morgan fingerprint density at radius 1 is 0.862 bits per heavy atom. The van der Waals surface area contributed by atoms with Crippen LogP contribution in [0.2, 0.25) is 0 Å². The molecular formula is C21H17F2N3O3. The first-order valence-electron chi connectivity index (χ1n) is 8.68. The predicted octanol–water partition coefficient (Wildman–Crippen LogP) is 3.20. The molecule has 3 aromatic rings. The van der Waals surface area contributed by atoms with Gasteiger partial charge in [0.25, 0.3) is 5.91 Å². The molecule has 0 saturated heterocycles. The van der Waals surface area contributed by atoms with Gasteiger partial charge in [0.15, 0.2) is 0 Å². The number of carbonyl (C=O) groups excluding carboxylic acids is 2. The average Bonchev–Trinajstić information content (AvgIpc) is 2.73. The zero-order valence-corrected chi connectivity index (χ0v) is 15.2. The summed E-state index contributed by atoms with van der Waals surface area (Å²) in [7, 11) is 0. The molecule has 0 fully saturated rings. The van der Waals surface area contributed by atoms with Crippen LogP contribution >= 0.6 is 0 Å². The molecule has 0 saturated carbocycles. The van der Waals surface area contributed by atoms with E-state index in [1.165, 1.54) is 54.7 Å². The predicted molar refractivity (Wildman–Crippen MR) is 101 cm³/mol. The van der Waals surface area contributed by atoms with Crippen LogP contribution in [0.25, 0.3) is 0 Å². The van der Waals surface area contributed by atoms with Crippen molar-refractivity contribution in [2.24, 2.45) is 0 Å². The van der Waals surface area contributed by atoms with E-state index < -0.39 is 11.7 Å². The molecule has 2 amide bonds. The number of rotatable bonds is 7. The van der Waals surface area contributed by atoms with Crippen molar-refractivity contribution in [1.82, 2.24) is 15.6 Å². The second kappa shape index (κ2) is 9.41. The zero-order valence-electron chi connectivity index (χ0n) is 15.2. The van der Waals surface area contributed by atoms with Crippen LogP contribution in [0.5, 0.6) is 11.6 Å². The number of nitrogens with zero attached hydrogens (tertiary/aromatic N) is 1. The number of amides is 2. The quantitative estimate of drug-likeness (QED) is 0.642. The number of carbonyl (C=O) groups is 2. The van der Waals surface area contributed by atoms with Crippen molar-refractivity contribution in [3.05, 3.63) is 89.6 Å². The molecule has 6 nitrogen and oxygen atoms in total. The molecule has 3 rings (SSSR count). The summed E-state index contributed by atoms with van der Waals surface area (Å²) in [5.41, 5.74) is 0.995. The van der Waals surface area contributed by atoms with Gasteiger partial charge in [-0.3, -0.25) is 9.59 Å². The van der Waals surface area contributed by atoms with Crippen molar-refractivity contribution in [2.75, 3.05) is 6.54 Å². The summed E-state index contributed by atoms with van der Waals surface area (Å²) in [6.07, 6.45) is 1.54. The summed E-state index contributed by atoms with van der Waals surface area (Å²) < 4.78 is 31.2. The normalized spacial score (nSPS) is 10.3. The number of benzene rings is 2. The Morgan fingerprint density at radius 3 is 2.14 bits per heavy atom. The number of ether oxygens (including phenoxy) is 1. The lowest BCUT2D eigenvalue weighted by Crippen LogP contribution is -2.36. The second-order valence-electron chi connectivity index (χ2n) is 6.03. The molecule has 0 atom stereocenters. The molecule has 29 heavy (non-hydrogen) atoms. The van der Waals surface area contributed by atoms with Gasteiger partial charge in [-0.2, -0.15) is 0 Å². The third kappa shape index (κ3) is 6.10. The van der Waals surface area contributed by atoms with Gasteiger partial charge in [-0.15, -0.1) is 0 Å². The van der Waals surface area contributed by atoms with E-state index in [-0.39, 0.29) is 30.4 Å². The third-order valence-corrected chi connectivity index (χ3v) is 3.84. The molecule has 0 radical (unpaired) electrons. The molecule has 8 heteroatoms. The zero-order chi connectivity index (χ0) is 20.6. The SMILES string of the molecule is O=C(CNC(=O)c1ccc(F)cc1)NCc1ccc(Oc2ccc(F)cc2)nc1. The van der Waals surface area contributed by atoms with E-state index in [9.17, 15) is 18.4 Å². The van der Waals surface area contributed by atoms with Crippen molar-refractivity contribution in [3.8, 4) is 11.6 Å². The summed E-state index contributed by atoms with van der Waals surface area (Å²) >= 11 is 0. The van der Waals surface area contributed by atoms with Crippen molar-refractivity contribution < 1.29 is 23.1 Å². The van der Waals surface area contributed by atoms with Crippen LogP contribution in [-0.4, -0.2) is 23.3 Å². The molecule has 0 spiro atoms. The van der Waals surface area contributed by atoms with Gasteiger partial charge < -0.3 is 15.4 Å². The van der Waals surface area contributed by atoms with Gasteiger partial charge in [0.05, 0.1) is 6.54 Å². The van der Waals surface area contributed by atoms with Gasteiger partial charge in [-0.1, -0.05) is 6.07 Å². The minimum atomic E-state index is -0.468. The van der Waals surface area contributed by atoms with E-state index in [4.69, 9.17) is 4.74 Å². The average molecular weight is 397 g/mol.